The minimum absolute atomic E-state index is 0.115. The number of carbonyl (C=O) groups excluding carboxylic acids is 1. The van der Waals surface area contributed by atoms with E-state index in [0.717, 1.165) is 54.5 Å². The Morgan fingerprint density at radius 1 is 1.35 bits per heavy atom. The van der Waals surface area contributed by atoms with Gasteiger partial charge in [0.05, 0.1) is 6.20 Å². The zero-order valence-electron chi connectivity index (χ0n) is 13.4. The van der Waals surface area contributed by atoms with Crippen LogP contribution in [-0.2, 0) is 0 Å². The summed E-state index contributed by atoms with van der Waals surface area (Å²) < 4.78 is 0. The molecule has 0 atom stereocenters. The van der Waals surface area contributed by atoms with Crippen molar-refractivity contribution in [3.63, 3.8) is 0 Å². The molecule has 1 N–H and O–H groups in total. The van der Waals surface area contributed by atoms with Gasteiger partial charge in [0, 0.05) is 31.0 Å². The minimum atomic E-state index is 0.115. The summed E-state index contributed by atoms with van der Waals surface area (Å²) in [6.45, 7) is 5.89. The van der Waals surface area contributed by atoms with Gasteiger partial charge in [0.25, 0.3) is 5.91 Å². The summed E-state index contributed by atoms with van der Waals surface area (Å²) in [6, 6.07) is 3.83. The fraction of sp³-hybridized carbons (Fsp3) is 0.471. The molecule has 0 bridgehead atoms. The van der Waals surface area contributed by atoms with Crippen molar-refractivity contribution in [2.24, 2.45) is 5.92 Å². The van der Waals surface area contributed by atoms with Crippen LogP contribution in [0.4, 0.5) is 0 Å². The van der Waals surface area contributed by atoms with Crippen LogP contribution in [0.25, 0.3) is 10.6 Å². The molecule has 1 amide bonds. The number of likely N-dealkylation sites (tertiary alicyclic amines) is 1. The van der Waals surface area contributed by atoms with Gasteiger partial charge in [-0.2, -0.15) is 0 Å². The van der Waals surface area contributed by atoms with Crippen molar-refractivity contribution < 1.29 is 4.79 Å². The van der Waals surface area contributed by atoms with E-state index in [2.05, 4.69) is 22.2 Å². The molecule has 1 aliphatic rings. The molecule has 2 aromatic rings. The van der Waals surface area contributed by atoms with Crippen molar-refractivity contribution in [3.05, 3.63) is 35.6 Å². The summed E-state index contributed by atoms with van der Waals surface area (Å²) in [5.74, 6) is 0.803. The highest BCUT2D eigenvalue weighted by atomic mass is 32.1. The molecular weight excluding hydrogens is 308 g/mol. The first-order valence-electron chi connectivity index (χ1n) is 8.14. The number of rotatable bonds is 5. The fourth-order valence-electron chi connectivity index (χ4n) is 2.85. The molecular formula is C17H22N4OS. The number of pyridine rings is 1. The largest absolute Gasteiger partial charge is 0.338 e. The number of thiazole rings is 1. The zero-order chi connectivity index (χ0) is 16.1. The molecule has 1 aliphatic heterocycles. The second kappa shape index (κ2) is 7.66. The first kappa shape index (κ1) is 16.1. The molecule has 6 heteroatoms. The maximum absolute atomic E-state index is 12.6. The van der Waals surface area contributed by atoms with Gasteiger partial charge in [-0.15, -0.1) is 11.3 Å². The van der Waals surface area contributed by atoms with Crippen LogP contribution in [0.15, 0.2) is 30.7 Å². The van der Waals surface area contributed by atoms with E-state index in [0.29, 0.717) is 5.92 Å². The Bertz CT molecular complexity index is 635. The van der Waals surface area contributed by atoms with Crippen LogP contribution >= 0.6 is 11.3 Å². The molecule has 122 valence electrons. The van der Waals surface area contributed by atoms with E-state index >= 15 is 0 Å². The molecule has 23 heavy (non-hydrogen) atoms. The molecule has 0 aliphatic carbocycles. The predicted octanol–water partition coefficient (Wildman–Crippen LogP) is 2.67. The maximum atomic E-state index is 12.6. The van der Waals surface area contributed by atoms with E-state index in [9.17, 15) is 4.79 Å². The maximum Gasteiger partial charge on any atom is 0.265 e. The lowest BCUT2D eigenvalue weighted by molar-refractivity contribution is 0.0695. The lowest BCUT2D eigenvalue weighted by atomic mass is 9.96. The zero-order valence-corrected chi connectivity index (χ0v) is 14.2. The summed E-state index contributed by atoms with van der Waals surface area (Å²) in [4.78, 5) is 23.7. The van der Waals surface area contributed by atoms with Gasteiger partial charge in [-0.05, 0) is 44.0 Å². The number of aromatic nitrogens is 2. The molecule has 3 heterocycles. The second-order valence-corrected chi connectivity index (χ2v) is 6.84. The van der Waals surface area contributed by atoms with Crippen LogP contribution in [-0.4, -0.2) is 47.0 Å². The second-order valence-electron chi connectivity index (χ2n) is 5.81. The SMILES string of the molecule is CCNCC1CCN(C(=O)c2cnc(-c3ccncc3)s2)CC1. The number of nitrogens with zero attached hydrogens (tertiary/aromatic N) is 3. The van der Waals surface area contributed by atoms with Gasteiger partial charge in [0.2, 0.25) is 0 Å². The smallest absolute Gasteiger partial charge is 0.265 e. The summed E-state index contributed by atoms with van der Waals surface area (Å²) in [5, 5.41) is 4.27. The summed E-state index contributed by atoms with van der Waals surface area (Å²) in [7, 11) is 0. The van der Waals surface area contributed by atoms with Crippen molar-refractivity contribution in [1.82, 2.24) is 20.2 Å². The molecule has 0 radical (unpaired) electrons. The number of carbonyl (C=O) groups is 1. The number of piperidine rings is 1. The molecule has 0 spiro atoms. The molecule has 2 aromatic heterocycles. The van der Waals surface area contributed by atoms with Crippen LogP contribution in [0.2, 0.25) is 0 Å². The Balaban J connectivity index is 1.60. The number of hydrogen-bond acceptors (Lipinski definition) is 5. The van der Waals surface area contributed by atoms with E-state index in [1.165, 1.54) is 11.3 Å². The van der Waals surface area contributed by atoms with Crippen molar-refractivity contribution >= 4 is 17.2 Å². The van der Waals surface area contributed by atoms with Gasteiger partial charge in [0.15, 0.2) is 0 Å². The Morgan fingerprint density at radius 2 is 2.09 bits per heavy atom. The van der Waals surface area contributed by atoms with Crippen LogP contribution < -0.4 is 5.32 Å². The third-order valence-corrected chi connectivity index (χ3v) is 5.26. The Labute approximate surface area is 140 Å². The van der Waals surface area contributed by atoms with E-state index in [-0.39, 0.29) is 5.91 Å². The van der Waals surface area contributed by atoms with Crippen LogP contribution in [0.1, 0.15) is 29.4 Å². The van der Waals surface area contributed by atoms with Crippen molar-refractivity contribution in [2.45, 2.75) is 19.8 Å². The van der Waals surface area contributed by atoms with Gasteiger partial charge >= 0.3 is 0 Å². The van der Waals surface area contributed by atoms with Crippen molar-refractivity contribution in [2.75, 3.05) is 26.2 Å². The Hall–Kier alpha value is -1.79. The van der Waals surface area contributed by atoms with E-state index in [1.54, 1.807) is 18.6 Å². The van der Waals surface area contributed by atoms with Crippen LogP contribution in [0, 0.1) is 5.92 Å². The first-order chi connectivity index (χ1) is 11.3. The highest BCUT2D eigenvalue weighted by molar-refractivity contribution is 7.16. The average molecular weight is 330 g/mol. The summed E-state index contributed by atoms with van der Waals surface area (Å²) in [5.41, 5.74) is 1.01. The molecule has 1 saturated heterocycles. The Kier molecular flexibility index (Phi) is 5.35. The summed E-state index contributed by atoms with van der Waals surface area (Å²) >= 11 is 1.46. The molecule has 0 unspecified atom stereocenters. The standard InChI is InChI=1S/C17H22N4OS/c1-2-18-11-13-5-9-21(10-6-13)17(22)15-12-20-16(23-15)14-3-7-19-8-4-14/h3-4,7-8,12-13,18H,2,5-6,9-11H2,1H3. The summed E-state index contributed by atoms with van der Waals surface area (Å²) in [6.07, 6.45) is 7.34. The van der Waals surface area contributed by atoms with E-state index < -0.39 is 0 Å². The van der Waals surface area contributed by atoms with E-state index in [1.807, 2.05) is 17.0 Å². The minimum Gasteiger partial charge on any atom is -0.338 e. The quantitative estimate of drug-likeness (QED) is 0.916. The van der Waals surface area contributed by atoms with Crippen LogP contribution in [0.3, 0.4) is 0 Å². The van der Waals surface area contributed by atoms with Gasteiger partial charge < -0.3 is 10.2 Å². The van der Waals surface area contributed by atoms with Gasteiger partial charge in [-0.3, -0.25) is 9.78 Å². The molecule has 3 rings (SSSR count). The first-order valence-corrected chi connectivity index (χ1v) is 8.95. The van der Waals surface area contributed by atoms with Crippen molar-refractivity contribution in [1.29, 1.82) is 0 Å². The van der Waals surface area contributed by atoms with Gasteiger partial charge in [0.1, 0.15) is 9.88 Å². The average Bonchev–Trinajstić information content (AvgIpc) is 3.11. The Morgan fingerprint density at radius 3 is 2.78 bits per heavy atom. The van der Waals surface area contributed by atoms with Gasteiger partial charge in [-0.25, -0.2) is 4.98 Å². The number of hydrogen-bond donors (Lipinski definition) is 1. The highest BCUT2D eigenvalue weighted by Gasteiger charge is 2.24. The molecule has 5 nitrogen and oxygen atoms in total. The third-order valence-electron chi connectivity index (χ3n) is 4.23. The van der Waals surface area contributed by atoms with Crippen molar-refractivity contribution in [3.8, 4) is 10.6 Å². The third kappa shape index (κ3) is 3.95. The monoisotopic (exact) mass is 330 g/mol. The number of nitrogens with one attached hydrogen (secondary N) is 1. The molecule has 0 saturated carbocycles. The lowest BCUT2D eigenvalue weighted by Gasteiger charge is -2.31. The van der Waals surface area contributed by atoms with Crippen LogP contribution in [0.5, 0.6) is 0 Å². The predicted molar refractivity (Wildman–Crippen MR) is 92.5 cm³/mol. The topological polar surface area (TPSA) is 58.1 Å². The normalized spacial score (nSPS) is 15.8. The lowest BCUT2D eigenvalue weighted by Crippen LogP contribution is -2.40. The molecule has 0 aromatic carbocycles. The number of amides is 1. The van der Waals surface area contributed by atoms with E-state index in [4.69, 9.17) is 0 Å². The molecule has 1 fully saturated rings. The fourth-order valence-corrected chi connectivity index (χ4v) is 3.73. The highest BCUT2D eigenvalue weighted by Crippen LogP contribution is 2.26. The van der Waals surface area contributed by atoms with Gasteiger partial charge in [-0.1, -0.05) is 6.92 Å².